The number of carbonyl (C=O) groups excluding carboxylic acids is 1. The highest BCUT2D eigenvalue weighted by atomic mass is 19.1. The molecule has 0 N–H and O–H groups in total. The lowest BCUT2D eigenvalue weighted by Crippen LogP contribution is -2.10. The topological polar surface area (TPSA) is 34.9 Å². The Kier molecular flexibility index (Phi) is 2.58. The zero-order valence-corrected chi connectivity index (χ0v) is 7.93. The van der Waals surface area contributed by atoms with E-state index in [1.807, 2.05) is 0 Å². The number of aromatic nitrogens is 2. The predicted octanol–water partition coefficient (Wildman–Crippen LogP) is 1.91. The van der Waals surface area contributed by atoms with Gasteiger partial charge in [-0.3, -0.25) is 4.79 Å². The summed E-state index contributed by atoms with van der Waals surface area (Å²) in [6.45, 7) is 0.112. The number of hydrogen-bond donors (Lipinski definition) is 0. The quantitative estimate of drug-likeness (QED) is 0.716. The van der Waals surface area contributed by atoms with Crippen molar-refractivity contribution in [3.05, 3.63) is 54.4 Å². The van der Waals surface area contributed by atoms with Crippen molar-refractivity contribution in [3.63, 3.8) is 0 Å². The molecule has 0 atom stereocenters. The lowest BCUT2D eigenvalue weighted by molar-refractivity contribution is 0.0968. The van der Waals surface area contributed by atoms with E-state index in [-0.39, 0.29) is 17.9 Å². The van der Waals surface area contributed by atoms with Crippen LogP contribution in [-0.4, -0.2) is 15.3 Å². The molecule has 0 amide bonds. The standard InChI is InChI=1S/C11H9FN2O/c12-10-4-2-1-3-9(10)11(15)7-14-6-5-13-8-14/h1-6,8H,7H2. The fourth-order valence-corrected chi connectivity index (χ4v) is 1.32. The first kappa shape index (κ1) is 9.58. The van der Waals surface area contributed by atoms with E-state index in [4.69, 9.17) is 0 Å². The van der Waals surface area contributed by atoms with Gasteiger partial charge in [0.05, 0.1) is 18.4 Å². The lowest BCUT2D eigenvalue weighted by atomic mass is 10.1. The number of ketones is 1. The number of benzene rings is 1. The number of hydrogen-bond acceptors (Lipinski definition) is 2. The maximum Gasteiger partial charge on any atom is 0.185 e. The van der Waals surface area contributed by atoms with Crippen molar-refractivity contribution in [1.29, 1.82) is 0 Å². The summed E-state index contributed by atoms with van der Waals surface area (Å²) in [4.78, 5) is 15.5. The average Bonchev–Trinajstić information content (AvgIpc) is 2.71. The second-order valence-corrected chi connectivity index (χ2v) is 3.14. The van der Waals surface area contributed by atoms with E-state index in [1.54, 1.807) is 29.1 Å². The molecule has 1 aromatic heterocycles. The molecular weight excluding hydrogens is 195 g/mol. The van der Waals surface area contributed by atoms with Crippen LogP contribution >= 0.6 is 0 Å². The number of imidazole rings is 1. The molecule has 0 saturated carbocycles. The summed E-state index contributed by atoms with van der Waals surface area (Å²) in [5, 5.41) is 0. The van der Waals surface area contributed by atoms with Crippen LogP contribution in [0.15, 0.2) is 43.0 Å². The van der Waals surface area contributed by atoms with Crippen molar-refractivity contribution in [2.45, 2.75) is 6.54 Å². The molecule has 0 fully saturated rings. The van der Waals surface area contributed by atoms with E-state index >= 15 is 0 Å². The van der Waals surface area contributed by atoms with Crippen LogP contribution in [-0.2, 0) is 6.54 Å². The molecule has 4 heteroatoms. The van der Waals surface area contributed by atoms with Crippen LogP contribution in [0.1, 0.15) is 10.4 Å². The molecule has 0 spiro atoms. The lowest BCUT2D eigenvalue weighted by Gasteiger charge is -2.02. The van der Waals surface area contributed by atoms with Gasteiger partial charge in [0.25, 0.3) is 0 Å². The summed E-state index contributed by atoms with van der Waals surface area (Å²) in [5.74, 6) is -0.742. The van der Waals surface area contributed by atoms with Gasteiger partial charge in [-0.15, -0.1) is 0 Å². The van der Waals surface area contributed by atoms with E-state index in [1.165, 1.54) is 18.5 Å². The maximum absolute atomic E-state index is 13.2. The maximum atomic E-state index is 13.2. The summed E-state index contributed by atoms with van der Waals surface area (Å²) < 4.78 is 14.8. The minimum atomic E-state index is -0.484. The van der Waals surface area contributed by atoms with Gasteiger partial charge < -0.3 is 4.57 Å². The van der Waals surface area contributed by atoms with E-state index in [2.05, 4.69) is 4.98 Å². The molecular formula is C11H9FN2O. The summed E-state index contributed by atoms with van der Waals surface area (Å²) in [7, 11) is 0. The van der Waals surface area contributed by atoms with E-state index in [9.17, 15) is 9.18 Å². The van der Waals surface area contributed by atoms with Crippen molar-refractivity contribution in [2.75, 3.05) is 0 Å². The van der Waals surface area contributed by atoms with Crippen LogP contribution in [0.4, 0.5) is 4.39 Å². The van der Waals surface area contributed by atoms with E-state index < -0.39 is 5.82 Å². The molecule has 0 aliphatic heterocycles. The summed E-state index contributed by atoms with van der Waals surface area (Å²) in [5.41, 5.74) is 0.117. The van der Waals surface area contributed by atoms with Crippen LogP contribution in [0.25, 0.3) is 0 Å². The molecule has 0 aliphatic carbocycles. The molecule has 2 aromatic rings. The number of halogens is 1. The first-order valence-electron chi connectivity index (χ1n) is 4.51. The molecule has 76 valence electrons. The zero-order valence-electron chi connectivity index (χ0n) is 7.93. The fourth-order valence-electron chi connectivity index (χ4n) is 1.32. The largest absolute Gasteiger partial charge is 0.330 e. The van der Waals surface area contributed by atoms with Gasteiger partial charge in [-0.05, 0) is 12.1 Å². The Balaban J connectivity index is 2.19. The van der Waals surface area contributed by atoms with Crippen LogP contribution in [0.2, 0.25) is 0 Å². The number of nitrogens with zero attached hydrogens (tertiary/aromatic N) is 2. The Hall–Kier alpha value is -1.97. The molecule has 3 nitrogen and oxygen atoms in total. The van der Waals surface area contributed by atoms with Gasteiger partial charge >= 0.3 is 0 Å². The highest BCUT2D eigenvalue weighted by Crippen LogP contribution is 2.08. The van der Waals surface area contributed by atoms with Gasteiger partial charge in [-0.1, -0.05) is 12.1 Å². The highest BCUT2D eigenvalue weighted by molar-refractivity contribution is 5.96. The molecule has 0 unspecified atom stereocenters. The van der Waals surface area contributed by atoms with Gasteiger partial charge in [0.1, 0.15) is 5.82 Å². The average molecular weight is 204 g/mol. The van der Waals surface area contributed by atoms with Gasteiger partial charge in [0.15, 0.2) is 5.78 Å². The third kappa shape index (κ3) is 2.10. The van der Waals surface area contributed by atoms with Crippen molar-refractivity contribution in [2.24, 2.45) is 0 Å². The van der Waals surface area contributed by atoms with Gasteiger partial charge in [0.2, 0.25) is 0 Å². The molecule has 1 aromatic carbocycles. The molecule has 0 saturated heterocycles. The number of carbonyl (C=O) groups is 1. The minimum absolute atomic E-state index is 0.112. The molecule has 0 aliphatic rings. The highest BCUT2D eigenvalue weighted by Gasteiger charge is 2.10. The first-order valence-corrected chi connectivity index (χ1v) is 4.51. The molecule has 0 bridgehead atoms. The Morgan fingerprint density at radius 1 is 1.40 bits per heavy atom. The Bertz CT molecular complexity index is 465. The van der Waals surface area contributed by atoms with Gasteiger partial charge in [0, 0.05) is 12.4 Å². The number of rotatable bonds is 3. The molecule has 0 radical (unpaired) electrons. The monoisotopic (exact) mass is 204 g/mol. The zero-order chi connectivity index (χ0) is 10.7. The minimum Gasteiger partial charge on any atom is -0.330 e. The van der Waals surface area contributed by atoms with Gasteiger partial charge in [-0.25, -0.2) is 9.37 Å². The van der Waals surface area contributed by atoms with Crippen LogP contribution < -0.4 is 0 Å². The van der Waals surface area contributed by atoms with Crippen LogP contribution in [0.5, 0.6) is 0 Å². The van der Waals surface area contributed by atoms with E-state index in [0.717, 1.165) is 0 Å². The summed E-state index contributed by atoms with van der Waals surface area (Å²) in [6.07, 6.45) is 4.77. The van der Waals surface area contributed by atoms with E-state index in [0.29, 0.717) is 0 Å². The van der Waals surface area contributed by atoms with Crippen LogP contribution in [0, 0.1) is 5.82 Å². The third-order valence-electron chi connectivity index (χ3n) is 2.06. The van der Waals surface area contributed by atoms with Crippen molar-refractivity contribution in [3.8, 4) is 0 Å². The molecule has 1 heterocycles. The fraction of sp³-hybridized carbons (Fsp3) is 0.0909. The second-order valence-electron chi connectivity index (χ2n) is 3.14. The third-order valence-corrected chi connectivity index (χ3v) is 2.06. The summed E-state index contributed by atoms with van der Waals surface area (Å²) >= 11 is 0. The summed E-state index contributed by atoms with van der Waals surface area (Å²) in [6, 6.07) is 5.96. The Labute approximate surface area is 86.2 Å². The SMILES string of the molecule is O=C(Cn1ccnc1)c1ccccc1F. The van der Waals surface area contributed by atoms with Crippen molar-refractivity contribution < 1.29 is 9.18 Å². The molecule has 15 heavy (non-hydrogen) atoms. The smallest absolute Gasteiger partial charge is 0.185 e. The number of Topliss-reactive ketones (excluding diaryl/α,β-unsaturated/α-hetero) is 1. The predicted molar refractivity (Wildman–Crippen MR) is 53.0 cm³/mol. The Morgan fingerprint density at radius 2 is 2.20 bits per heavy atom. The first-order chi connectivity index (χ1) is 7.27. The van der Waals surface area contributed by atoms with Crippen molar-refractivity contribution in [1.82, 2.24) is 9.55 Å². The second kappa shape index (κ2) is 4.04. The van der Waals surface area contributed by atoms with Gasteiger partial charge in [-0.2, -0.15) is 0 Å². The molecule has 2 rings (SSSR count). The Morgan fingerprint density at radius 3 is 2.87 bits per heavy atom. The van der Waals surface area contributed by atoms with Crippen molar-refractivity contribution >= 4 is 5.78 Å². The van der Waals surface area contributed by atoms with Crippen LogP contribution in [0.3, 0.4) is 0 Å². The normalized spacial score (nSPS) is 10.2.